The molecule has 0 saturated carbocycles. The van der Waals surface area contributed by atoms with Crippen molar-refractivity contribution in [3.8, 4) is 6.07 Å². The Bertz CT molecular complexity index is 942. The number of carboxylic acid groups (broad SMARTS) is 1. The van der Waals surface area contributed by atoms with Crippen LogP contribution >= 0.6 is 0 Å². The van der Waals surface area contributed by atoms with Gasteiger partial charge in [-0.05, 0) is 42.7 Å². The highest BCUT2D eigenvalue weighted by atomic mass is 16.4. The normalized spacial score (nSPS) is 12.9. The number of carbonyl (C=O) groups excluding carboxylic acids is 1. The Hall–Kier alpha value is -3.37. The number of aliphatic carboxylic acids is 1. The van der Waals surface area contributed by atoms with Crippen molar-refractivity contribution in [1.29, 1.82) is 5.26 Å². The van der Waals surface area contributed by atoms with Gasteiger partial charge in [-0.2, -0.15) is 5.26 Å². The van der Waals surface area contributed by atoms with E-state index < -0.39 is 5.97 Å². The third-order valence-corrected chi connectivity index (χ3v) is 5.08. The van der Waals surface area contributed by atoms with Crippen LogP contribution in [0.3, 0.4) is 0 Å². The Morgan fingerprint density at radius 1 is 1.14 bits per heavy atom. The number of aryl methyl sites for hydroxylation is 1. The van der Waals surface area contributed by atoms with Crippen LogP contribution in [0.1, 0.15) is 29.2 Å². The Labute approximate surface area is 170 Å². The van der Waals surface area contributed by atoms with E-state index in [4.69, 9.17) is 0 Å². The van der Waals surface area contributed by atoms with Crippen molar-refractivity contribution in [1.82, 2.24) is 10.0 Å². The van der Waals surface area contributed by atoms with Gasteiger partial charge in [0.05, 0.1) is 18.2 Å². The minimum atomic E-state index is -1.03. The molecule has 0 aliphatic carbocycles. The predicted molar refractivity (Wildman–Crippen MR) is 109 cm³/mol. The average Bonchev–Trinajstić information content (AvgIpc) is 3.11. The molecule has 150 valence electrons. The van der Waals surface area contributed by atoms with Gasteiger partial charge in [-0.25, -0.2) is 5.01 Å². The molecule has 0 spiro atoms. The third kappa shape index (κ3) is 4.55. The Kier molecular flexibility index (Phi) is 6.15. The first-order valence-corrected chi connectivity index (χ1v) is 9.52. The molecule has 1 aliphatic rings. The SMILES string of the molecule is CCN(C(=O)CN(CC(=O)O)c1cc(C#N)ccc1C)N1Cc2ccccc2C1. The van der Waals surface area contributed by atoms with Crippen LogP contribution in [0.15, 0.2) is 42.5 Å². The molecular formula is C22H24N4O3. The molecule has 0 aromatic heterocycles. The molecule has 0 saturated heterocycles. The lowest BCUT2D eigenvalue weighted by atomic mass is 10.1. The van der Waals surface area contributed by atoms with E-state index in [-0.39, 0.29) is 19.0 Å². The molecule has 1 N–H and O–H groups in total. The summed E-state index contributed by atoms with van der Waals surface area (Å²) in [6, 6.07) is 15.2. The van der Waals surface area contributed by atoms with Crippen LogP contribution < -0.4 is 4.90 Å². The van der Waals surface area contributed by atoms with Crippen LogP contribution in [0, 0.1) is 18.3 Å². The molecule has 3 rings (SSSR count). The van der Waals surface area contributed by atoms with Crippen molar-refractivity contribution >= 4 is 17.6 Å². The minimum absolute atomic E-state index is 0.0806. The standard InChI is InChI=1S/C22H24N4O3/c1-3-26(25-12-18-6-4-5-7-19(18)13-25)21(27)14-24(15-22(28)29)20-10-17(11-23)9-8-16(20)2/h4-10H,3,12-15H2,1-2H3,(H,28,29). The molecule has 1 heterocycles. The van der Waals surface area contributed by atoms with Crippen LogP contribution in [0.4, 0.5) is 5.69 Å². The zero-order chi connectivity index (χ0) is 21.0. The van der Waals surface area contributed by atoms with Gasteiger partial charge >= 0.3 is 5.97 Å². The number of hydrazine groups is 1. The van der Waals surface area contributed by atoms with Crippen molar-refractivity contribution in [2.45, 2.75) is 26.9 Å². The number of hydrogen-bond acceptors (Lipinski definition) is 5. The second-order valence-electron chi connectivity index (χ2n) is 7.06. The summed E-state index contributed by atoms with van der Waals surface area (Å²) in [5, 5.41) is 22.2. The number of carboxylic acids is 1. The van der Waals surface area contributed by atoms with Gasteiger partial charge in [0, 0.05) is 25.3 Å². The number of nitrogens with zero attached hydrogens (tertiary/aromatic N) is 4. The van der Waals surface area contributed by atoms with E-state index in [0.29, 0.717) is 30.9 Å². The zero-order valence-corrected chi connectivity index (χ0v) is 16.6. The van der Waals surface area contributed by atoms with Crippen LogP contribution in [-0.4, -0.2) is 46.6 Å². The Morgan fingerprint density at radius 3 is 2.34 bits per heavy atom. The maximum absolute atomic E-state index is 13.1. The van der Waals surface area contributed by atoms with Gasteiger partial charge in [0.25, 0.3) is 5.91 Å². The summed E-state index contributed by atoms with van der Waals surface area (Å²) >= 11 is 0. The Balaban J connectivity index is 1.81. The van der Waals surface area contributed by atoms with E-state index in [9.17, 15) is 20.0 Å². The van der Waals surface area contributed by atoms with E-state index >= 15 is 0 Å². The number of hydrogen-bond donors (Lipinski definition) is 1. The number of anilines is 1. The summed E-state index contributed by atoms with van der Waals surface area (Å²) in [6.07, 6.45) is 0. The smallest absolute Gasteiger partial charge is 0.323 e. The van der Waals surface area contributed by atoms with Gasteiger partial charge in [-0.1, -0.05) is 30.3 Å². The van der Waals surface area contributed by atoms with Gasteiger partial charge in [-0.3, -0.25) is 14.6 Å². The fourth-order valence-corrected chi connectivity index (χ4v) is 3.67. The number of fused-ring (bicyclic) bond motifs is 1. The summed E-state index contributed by atoms with van der Waals surface area (Å²) < 4.78 is 0. The molecule has 0 radical (unpaired) electrons. The van der Waals surface area contributed by atoms with Crippen molar-refractivity contribution in [2.24, 2.45) is 0 Å². The lowest BCUT2D eigenvalue weighted by Crippen LogP contribution is -2.49. The number of benzene rings is 2. The summed E-state index contributed by atoms with van der Waals surface area (Å²) in [5.74, 6) is -1.21. The Morgan fingerprint density at radius 2 is 1.79 bits per heavy atom. The topological polar surface area (TPSA) is 87.9 Å². The summed E-state index contributed by atoms with van der Waals surface area (Å²) in [4.78, 5) is 26.1. The summed E-state index contributed by atoms with van der Waals surface area (Å²) in [5.41, 5.74) is 4.21. The quantitative estimate of drug-likeness (QED) is 0.779. The number of nitriles is 1. The van der Waals surface area contributed by atoms with E-state index in [2.05, 4.69) is 18.2 Å². The molecule has 0 bridgehead atoms. The van der Waals surface area contributed by atoms with Crippen molar-refractivity contribution in [3.05, 3.63) is 64.7 Å². The average molecular weight is 392 g/mol. The first-order chi connectivity index (χ1) is 13.9. The molecule has 2 aromatic carbocycles. The van der Waals surface area contributed by atoms with Crippen LogP contribution in [0.5, 0.6) is 0 Å². The van der Waals surface area contributed by atoms with Crippen molar-refractivity contribution in [3.63, 3.8) is 0 Å². The molecule has 29 heavy (non-hydrogen) atoms. The fourth-order valence-electron chi connectivity index (χ4n) is 3.67. The third-order valence-electron chi connectivity index (χ3n) is 5.08. The van der Waals surface area contributed by atoms with Gasteiger partial charge < -0.3 is 10.0 Å². The second-order valence-corrected chi connectivity index (χ2v) is 7.06. The maximum Gasteiger partial charge on any atom is 0.323 e. The van der Waals surface area contributed by atoms with Gasteiger partial charge in [0.2, 0.25) is 0 Å². The van der Waals surface area contributed by atoms with E-state index in [0.717, 1.165) is 5.56 Å². The van der Waals surface area contributed by atoms with Crippen LogP contribution in [0.25, 0.3) is 0 Å². The van der Waals surface area contributed by atoms with Gasteiger partial charge in [0.15, 0.2) is 0 Å². The lowest BCUT2D eigenvalue weighted by Gasteiger charge is -2.33. The van der Waals surface area contributed by atoms with E-state index in [1.54, 1.807) is 23.2 Å². The molecule has 0 fully saturated rings. The molecule has 2 aromatic rings. The van der Waals surface area contributed by atoms with E-state index in [1.165, 1.54) is 16.0 Å². The van der Waals surface area contributed by atoms with Gasteiger partial charge in [-0.15, -0.1) is 0 Å². The number of likely N-dealkylation sites (N-methyl/N-ethyl adjacent to an activating group) is 1. The number of amides is 1. The molecular weight excluding hydrogens is 368 g/mol. The zero-order valence-electron chi connectivity index (χ0n) is 16.6. The number of carbonyl (C=O) groups is 2. The molecule has 1 aliphatic heterocycles. The minimum Gasteiger partial charge on any atom is -0.480 e. The van der Waals surface area contributed by atoms with Gasteiger partial charge in [0.1, 0.15) is 6.54 Å². The highest BCUT2D eigenvalue weighted by molar-refractivity contribution is 5.84. The highest BCUT2D eigenvalue weighted by Crippen LogP contribution is 2.25. The predicted octanol–water partition coefficient (Wildman–Crippen LogP) is 2.54. The number of rotatable bonds is 7. The van der Waals surface area contributed by atoms with Crippen LogP contribution in [-0.2, 0) is 22.7 Å². The molecule has 1 amide bonds. The molecule has 0 atom stereocenters. The fraction of sp³-hybridized carbons (Fsp3) is 0.318. The first kappa shape index (κ1) is 20.4. The molecule has 7 nitrogen and oxygen atoms in total. The van der Waals surface area contributed by atoms with Crippen LogP contribution in [0.2, 0.25) is 0 Å². The summed E-state index contributed by atoms with van der Waals surface area (Å²) in [6.45, 7) is 5.14. The van der Waals surface area contributed by atoms with E-state index in [1.807, 2.05) is 31.0 Å². The molecule has 0 unspecified atom stereocenters. The summed E-state index contributed by atoms with van der Waals surface area (Å²) in [7, 11) is 0. The highest BCUT2D eigenvalue weighted by Gasteiger charge is 2.28. The lowest BCUT2D eigenvalue weighted by molar-refractivity contribution is -0.148. The largest absolute Gasteiger partial charge is 0.480 e. The van der Waals surface area contributed by atoms with Crippen molar-refractivity contribution < 1.29 is 14.7 Å². The maximum atomic E-state index is 13.1. The second kappa shape index (κ2) is 8.76. The molecule has 7 heteroatoms. The monoisotopic (exact) mass is 392 g/mol. The first-order valence-electron chi connectivity index (χ1n) is 9.52. The van der Waals surface area contributed by atoms with Crippen molar-refractivity contribution in [2.75, 3.05) is 24.5 Å².